The normalized spacial score (nSPS) is 12.6. The van der Waals surface area contributed by atoms with Gasteiger partial charge in [0.1, 0.15) is 0 Å². The van der Waals surface area contributed by atoms with E-state index >= 15 is 0 Å². The topological polar surface area (TPSA) is 29.9 Å². The molecule has 0 aliphatic carbocycles. The third-order valence-corrected chi connectivity index (χ3v) is 3.85. The molecule has 0 saturated carbocycles. The van der Waals surface area contributed by atoms with Crippen molar-refractivity contribution in [3.63, 3.8) is 0 Å². The Hall–Kier alpha value is -0.880. The van der Waals surface area contributed by atoms with Gasteiger partial charge in [0.05, 0.1) is 6.20 Å². The maximum Gasteiger partial charge on any atom is 0.0521 e. The zero-order valence-corrected chi connectivity index (χ0v) is 13.6. The molecule has 0 spiro atoms. The van der Waals surface area contributed by atoms with Gasteiger partial charge in [-0.25, -0.2) is 0 Å². The van der Waals surface area contributed by atoms with Crippen LogP contribution in [0.1, 0.15) is 30.5 Å². The molecule has 19 heavy (non-hydrogen) atoms. The maximum atomic E-state index is 4.22. The van der Waals surface area contributed by atoms with Crippen molar-refractivity contribution in [1.82, 2.24) is 15.1 Å². The van der Waals surface area contributed by atoms with Crippen molar-refractivity contribution in [1.29, 1.82) is 0 Å². The monoisotopic (exact) mass is 369 g/mol. The summed E-state index contributed by atoms with van der Waals surface area (Å²) in [6.45, 7) is 3.15. The second-order valence-electron chi connectivity index (χ2n) is 4.73. The lowest BCUT2D eigenvalue weighted by Crippen LogP contribution is -2.21. The van der Waals surface area contributed by atoms with Gasteiger partial charge in [0.15, 0.2) is 0 Å². The zero-order chi connectivity index (χ0) is 13.7. The first-order valence-corrected chi connectivity index (χ1v) is 7.73. The van der Waals surface area contributed by atoms with Crippen LogP contribution in [0, 0.1) is 3.57 Å². The first-order valence-electron chi connectivity index (χ1n) is 6.65. The molecule has 1 N–H and O–H groups in total. The molecule has 0 saturated heterocycles. The molecule has 102 valence electrons. The molecule has 1 heterocycles. The average Bonchev–Trinajstić information content (AvgIpc) is 2.80. The second kappa shape index (κ2) is 7.05. The van der Waals surface area contributed by atoms with Crippen LogP contribution in [0.4, 0.5) is 0 Å². The highest BCUT2D eigenvalue weighted by Gasteiger charge is 2.11. The van der Waals surface area contributed by atoms with E-state index in [0.717, 1.165) is 19.4 Å². The Balaban J connectivity index is 2.03. The summed E-state index contributed by atoms with van der Waals surface area (Å²) in [5.41, 5.74) is 2.67. The van der Waals surface area contributed by atoms with E-state index in [9.17, 15) is 0 Å². The van der Waals surface area contributed by atoms with Crippen molar-refractivity contribution in [2.75, 3.05) is 6.54 Å². The van der Waals surface area contributed by atoms with Crippen molar-refractivity contribution in [2.24, 2.45) is 7.05 Å². The van der Waals surface area contributed by atoms with E-state index in [1.165, 1.54) is 14.7 Å². The SMILES string of the molecule is CCNC(CCc1cnn(C)c1)c1cccc(I)c1. The van der Waals surface area contributed by atoms with Gasteiger partial charge in [0.25, 0.3) is 0 Å². The van der Waals surface area contributed by atoms with Gasteiger partial charge in [-0.15, -0.1) is 0 Å². The summed E-state index contributed by atoms with van der Waals surface area (Å²) in [4.78, 5) is 0. The fraction of sp³-hybridized carbons (Fsp3) is 0.400. The van der Waals surface area contributed by atoms with Crippen LogP contribution in [0.25, 0.3) is 0 Å². The molecule has 2 aromatic rings. The van der Waals surface area contributed by atoms with Gasteiger partial charge in [0.2, 0.25) is 0 Å². The van der Waals surface area contributed by atoms with Crippen LogP contribution >= 0.6 is 22.6 Å². The number of hydrogen-bond acceptors (Lipinski definition) is 2. The molecule has 4 heteroatoms. The van der Waals surface area contributed by atoms with Crippen LogP contribution < -0.4 is 5.32 Å². The predicted molar refractivity (Wildman–Crippen MR) is 87.1 cm³/mol. The second-order valence-corrected chi connectivity index (χ2v) is 5.97. The summed E-state index contributed by atoms with van der Waals surface area (Å²) < 4.78 is 3.16. The maximum absolute atomic E-state index is 4.22. The number of rotatable bonds is 6. The number of aryl methyl sites for hydroxylation is 2. The number of hydrogen-bond donors (Lipinski definition) is 1. The third-order valence-electron chi connectivity index (χ3n) is 3.18. The quantitative estimate of drug-likeness (QED) is 0.792. The Morgan fingerprint density at radius 1 is 1.42 bits per heavy atom. The molecule has 0 amide bonds. The molecule has 0 radical (unpaired) electrons. The molecule has 1 aromatic heterocycles. The minimum atomic E-state index is 0.417. The summed E-state index contributed by atoms with van der Waals surface area (Å²) in [5, 5.41) is 7.80. The Morgan fingerprint density at radius 2 is 2.26 bits per heavy atom. The van der Waals surface area contributed by atoms with Crippen LogP contribution in [0.3, 0.4) is 0 Å². The van der Waals surface area contributed by atoms with E-state index in [1.54, 1.807) is 0 Å². The largest absolute Gasteiger partial charge is 0.310 e. The number of nitrogens with zero attached hydrogens (tertiary/aromatic N) is 2. The first-order chi connectivity index (χ1) is 9.19. The summed E-state index contributed by atoms with van der Waals surface area (Å²) in [6.07, 6.45) is 6.20. The molecule has 1 atom stereocenters. The minimum Gasteiger partial charge on any atom is -0.310 e. The summed E-state index contributed by atoms with van der Waals surface area (Å²) in [7, 11) is 1.96. The summed E-state index contributed by atoms with van der Waals surface area (Å²) in [6, 6.07) is 9.15. The van der Waals surface area contributed by atoms with Gasteiger partial charge in [0, 0.05) is 22.9 Å². The molecule has 3 nitrogen and oxygen atoms in total. The molecule has 0 bridgehead atoms. The highest BCUT2D eigenvalue weighted by atomic mass is 127. The lowest BCUT2D eigenvalue weighted by molar-refractivity contribution is 0.515. The highest BCUT2D eigenvalue weighted by Crippen LogP contribution is 2.21. The van der Waals surface area contributed by atoms with E-state index in [1.807, 2.05) is 17.9 Å². The van der Waals surface area contributed by atoms with E-state index in [2.05, 4.69) is 70.4 Å². The Kier molecular flexibility index (Phi) is 5.39. The van der Waals surface area contributed by atoms with E-state index in [4.69, 9.17) is 0 Å². The Bertz CT molecular complexity index is 522. The van der Waals surface area contributed by atoms with Gasteiger partial charge >= 0.3 is 0 Å². The standard InChI is InChI=1S/C15H20IN3/c1-3-17-15(13-5-4-6-14(16)9-13)8-7-12-10-18-19(2)11-12/h4-6,9-11,15,17H,3,7-8H2,1-2H3. The fourth-order valence-corrected chi connectivity index (χ4v) is 2.84. The molecule has 1 aromatic carbocycles. The molecule has 0 fully saturated rings. The molecular weight excluding hydrogens is 349 g/mol. The van der Waals surface area contributed by atoms with Gasteiger partial charge < -0.3 is 5.32 Å². The van der Waals surface area contributed by atoms with Crippen LogP contribution in [0.2, 0.25) is 0 Å². The molecule has 0 aliphatic rings. The number of aromatic nitrogens is 2. The summed E-state index contributed by atoms with van der Waals surface area (Å²) >= 11 is 2.37. The first kappa shape index (κ1) is 14.5. The Morgan fingerprint density at radius 3 is 2.89 bits per heavy atom. The van der Waals surface area contributed by atoms with Gasteiger partial charge in [-0.3, -0.25) is 4.68 Å². The van der Waals surface area contributed by atoms with Crippen LogP contribution in [-0.2, 0) is 13.5 Å². The number of benzene rings is 1. The number of halogens is 1. The van der Waals surface area contributed by atoms with Crippen molar-refractivity contribution in [3.05, 3.63) is 51.4 Å². The van der Waals surface area contributed by atoms with Crippen molar-refractivity contribution in [3.8, 4) is 0 Å². The smallest absolute Gasteiger partial charge is 0.0521 e. The van der Waals surface area contributed by atoms with Gasteiger partial charge in [-0.2, -0.15) is 5.10 Å². The molecule has 1 unspecified atom stereocenters. The van der Waals surface area contributed by atoms with E-state index < -0.39 is 0 Å². The summed E-state index contributed by atoms with van der Waals surface area (Å²) in [5.74, 6) is 0. The zero-order valence-electron chi connectivity index (χ0n) is 11.4. The number of nitrogens with one attached hydrogen (secondary N) is 1. The van der Waals surface area contributed by atoms with E-state index in [-0.39, 0.29) is 0 Å². The molecule has 2 rings (SSSR count). The Labute approximate surface area is 128 Å². The van der Waals surface area contributed by atoms with Crippen molar-refractivity contribution in [2.45, 2.75) is 25.8 Å². The molecule has 0 aliphatic heterocycles. The third kappa shape index (κ3) is 4.31. The average molecular weight is 369 g/mol. The lowest BCUT2D eigenvalue weighted by Gasteiger charge is -2.18. The minimum absolute atomic E-state index is 0.417. The van der Waals surface area contributed by atoms with Crippen molar-refractivity contribution < 1.29 is 0 Å². The predicted octanol–water partition coefficient (Wildman–Crippen LogP) is 3.31. The fourth-order valence-electron chi connectivity index (χ4n) is 2.27. The molecular formula is C15H20IN3. The van der Waals surface area contributed by atoms with Crippen molar-refractivity contribution >= 4 is 22.6 Å². The lowest BCUT2D eigenvalue weighted by atomic mass is 10.0. The van der Waals surface area contributed by atoms with Crippen LogP contribution in [-0.4, -0.2) is 16.3 Å². The van der Waals surface area contributed by atoms with Gasteiger partial charge in [-0.05, 0) is 65.2 Å². The van der Waals surface area contributed by atoms with E-state index in [0.29, 0.717) is 6.04 Å². The van der Waals surface area contributed by atoms with Crippen LogP contribution in [0.5, 0.6) is 0 Å². The highest BCUT2D eigenvalue weighted by molar-refractivity contribution is 14.1. The van der Waals surface area contributed by atoms with Gasteiger partial charge in [-0.1, -0.05) is 19.1 Å². The van der Waals surface area contributed by atoms with Crippen LogP contribution in [0.15, 0.2) is 36.7 Å².